The maximum Gasteiger partial charge on any atom is 0.266 e. The number of hydrogen-bond acceptors (Lipinski definition) is 6. The molecule has 0 aromatic carbocycles. The van der Waals surface area contributed by atoms with Crippen LogP contribution < -0.4 is 10.9 Å². The number of thiophene rings is 1. The van der Waals surface area contributed by atoms with Crippen LogP contribution >= 0.6 is 11.3 Å². The third-order valence-corrected chi connectivity index (χ3v) is 5.28. The highest BCUT2D eigenvalue weighted by Gasteiger charge is 2.18. The van der Waals surface area contributed by atoms with E-state index in [2.05, 4.69) is 20.5 Å². The maximum absolute atomic E-state index is 12.7. The molecule has 0 fully saturated rings. The van der Waals surface area contributed by atoms with E-state index < -0.39 is 0 Å². The largest absolute Gasteiger partial charge is 0.347 e. The van der Waals surface area contributed by atoms with E-state index in [0.717, 1.165) is 10.6 Å². The van der Waals surface area contributed by atoms with Crippen LogP contribution in [0.15, 0.2) is 59.1 Å². The second-order valence-corrected chi connectivity index (χ2v) is 7.19. The summed E-state index contributed by atoms with van der Waals surface area (Å²) in [6, 6.07) is 8.61. The quantitative estimate of drug-likeness (QED) is 0.541. The van der Waals surface area contributed by atoms with E-state index in [1.54, 1.807) is 40.4 Å². The molecule has 28 heavy (non-hydrogen) atoms. The van der Waals surface area contributed by atoms with Crippen LogP contribution in [0.2, 0.25) is 0 Å². The van der Waals surface area contributed by atoms with Gasteiger partial charge in [0.25, 0.3) is 11.5 Å². The summed E-state index contributed by atoms with van der Waals surface area (Å²) in [6.07, 6.45) is 5.49. The topological polar surface area (TPSA) is 94.2 Å². The second-order valence-electron chi connectivity index (χ2n) is 6.24. The Balaban J connectivity index is 1.54. The molecular weight excluding hydrogens is 376 g/mol. The van der Waals surface area contributed by atoms with E-state index in [9.17, 15) is 9.59 Å². The smallest absolute Gasteiger partial charge is 0.266 e. The molecule has 0 aliphatic rings. The molecule has 4 aromatic rings. The van der Waals surface area contributed by atoms with Crippen molar-refractivity contribution >= 4 is 22.9 Å². The van der Waals surface area contributed by atoms with Crippen molar-refractivity contribution in [2.24, 2.45) is 0 Å². The van der Waals surface area contributed by atoms with E-state index in [4.69, 9.17) is 0 Å². The lowest BCUT2D eigenvalue weighted by molar-refractivity contribution is 0.0932. The van der Waals surface area contributed by atoms with Crippen molar-refractivity contribution in [3.05, 3.63) is 70.2 Å². The Labute approximate surface area is 164 Å². The number of carbonyl (C=O) groups is 1. The monoisotopic (exact) mass is 394 g/mol. The standard InChI is InChI=1S/C19H18N6O2S/c1-2-13(22-19(27)14-11-21-24-9-4-8-20-18(14)24)12-25-17(26)7-6-15(23-25)16-5-3-10-28-16/h3-11,13H,2,12H2,1H3,(H,22,27)/t13-/m0/s1. The molecule has 0 unspecified atom stereocenters. The SMILES string of the molecule is CC[C@@H](Cn1nc(-c2cccs2)ccc1=O)NC(=O)c1cnn2cccnc12. The molecule has 0 aliphatic heterocycles. The molecule has 0 saturated heterocycles. The van der Waals surface area contributed by atoms with Gasteiger partial charge in [0.1, 0.15) is 11.3 Å². The van der Waals surface area contributed by atoms with Crippen LogP contribution in [0.5, 0.6) is 0 Å². The molecule has 8 nitrogen and oxygen atoms in total. The van der Waals surface area contributed by atoms with E-state index in [-0.39, 0.29) is 24.1 Å². The lowest BCUT2D eigenvalue weighted by atomic mass is 10.2. The minimum Gasteiger partial charge on any atom is -0.347 e. The van der Waals surface area contributed by atoms with Crippen molar-refractivity contribution < 1.29 is 4.79 Å². The zero-order chi connectivity index (χ0) is 19.5. The Morgan fingerprint density at radius 3 is 2.96 bits per heavy atom. The number of nitrogens with one attached hydrogen (secondary N) is 1. The Bertz CT molecular complexity index is 1160. The summed E-state index contributed by atoms with van der Waals surface area (Å²) >= 11 is 1.56. The molecule has 1 amide bonds. The number of amides is 1. The van der Waals surface area contributed by atoms with Gasteiger partial charge in [-0.2, -0.15) is 10.2 Å². The van der Waals surface area contributed by atoms with Gasteiger partial charge in [-0.25, -0.2) is 14.2 Å². The second kappa shape index (κ2) is 7.73. The number of carbonyl (C=O) groups excluding carboxylic acids is 1. The Hall–Kier alpha value is -3.33. The number of fused-ring (bicyclic) bond motifs is 1. The molecule has 9 heteroatoms. The van der Waals surface area contributed by atoms with Crippen molar-refractivity contribution in [3.8, 4) is 10.6 Å². The number of hydrogen-bond donors (Lipinski definition) is 1. The third-order valence-electron chi connectivity index (χ3n) is 4.39. The predicted molar refractivity (Wildman–Crippen MR) is 106 cm³/mol. The van der Waals surface area contributed by atoms with E-state index in [1.165, 1.54) is 16.9 Å². The third kappa shape index (κ3) is 3.56. The lowest BCUT2D eigenvalue weighted by Gasteiger charge is -2.17. The highest BCUT2D eigenvalue weighted by molar-refractivity contribution is 7.13. The van der Waals surface area contributed by atoms with Gasteiger partial charge in [-0.1, -0.05) is 13.0 Å². The van der Waals surface area contributed by atoms with Crippen molar-refractivity contribution in [1.29, 1.82) is 0 Å². The van der Waals surface area contributed by atoms with Gasteiger partial charge in [0.15, 0.2) is 5.65 Å². The summed E-state index contributed by atoms with van der Waals surface area (Å²) in [5.41, 5.74) is 1.42. The lowest BCUT2D eigenvalue weighted by Crippen LogP contribution is -2.40. The van der Waals surface area contributed by atoms with Gasteiger partial charge in [0, 0.05) is 24.5 Å². The van der Waals surface area contributed by atoms with E-state index >= 15 is 0 Å². The van der Waals surface area contributed by atoms with Crippen molar-refractivity contribution in [2.75, 3.05) is 0 Å². The fourth-order valence-corrected chi connectivity index (χ4v) is 3.56. The summed E-state index contributed by atoms with van der Waals surface area (Å²) in [6.45, 7) is 2.24. The van der Waals surface area contributed by atoms with Crippen LogP contribution in [0.25, 0.3) is 16.2 Å². The summed E-state index contributed by atoms with van der Waals surface area (Å²) in [5, 5.41) is 13.5. The molecule has 142 valence electrons. The summed E-state index contributed by atoms with van der Waals surface area (Å²) < 4.78 is 2.95. The highest BCUT2D eigenvalue weighted by atomic mass is 32.1. The van der Waals surface area contributed by atoms with Gasteiger partial charge in [-0.3, -0.25) is 9.59 Å². The number of nitrogens with zero attached hydrogens (tertiary/aromatic N) is 5. The summed E-state index contributed by atoms with van der Waals surface area (Å²) in [7, 11) is 0. The predicted octanol–water partition coefficient (Wildman–Crippen LogP) is 2.22. The average molecular weight is 394 g/mol. The molecule has 0 bridgehead atoms. The van der Waals surface area contributed by atoms with Crippen LogP contribution in [0, 0.1) is 0 Å². The first-order valence-electron chi connectivity index (χ1n) is 8.87. The Morgan fingerprint density at radius 1 is 1.29 bits per heavy atom. The minimum absolute atomic E-state index is 0.203. The van der Waals surface area contributed by atoms with Gasteiger partial charge in [-0.15, -0.1) is 11.3 Å². The van der Waals surface area contributed by atoms with Gasteiger partial charge >= 0.3 is 0 Å². The maximum atomic E-state index is 12.7. The Kier molecular flexibility index (Phi) is 4.98. The van der Waals surface area contributed by atoms with E-state index in [0.29, 0.717) is 17.6 Å². The fraction of sp³-hybridized carbons (Fsp3) is 0.211. The molecule has 0 spiro atoms. The first kappa shape index (κ1) is 18.1. The van der Waals surface area contributed by atoms with Crippen molar-refractivity contribution in [2.45, 2.75) is 25.9 Å². The van der Waals surface area contributed by atoms with Crippen LogP contribution in [0.3, 0.4) is 0 Å². The molecule has 0 saturated carbocycles. The molecule has 4 aromatic heterocycles. The van der Waals surface area contributed by atoms with Crippen molar-refractivity contribution in [1.82, 2.24) is 29.7 Å². The minimum atomic E-state index is -0.275. The fourth-order valence-electron chi connectivity index (χ4n) is 2.87. The summed E-state index contributed by atoms with van der Waals surface area (Å²) in [4.78, 5) is 30.2. The van der Waals surface area contributed by atoms with Gasteiger partial charge in [0.05, 0.1) is 17.6 Å². The Morgan fingerprint density at radius 2 is 2.18 bits per heavy atom. The van der Waals surface area contributed by atoms with Crippen LogP contribution in [-0.4, -0.2) is 36.3 Å². The molecule has 1 N–H and O–H groups in total. The van der Waals surface area contributed by atoms with Gasteiger partial charge in [-0.05, 0) is 30.0 Å². The van der Waals surface area contributed by atoms with Crippen molar-refractivity contribution in [3.63, 3.8) is 0 Å². The van der Waals surface area contributed by atoms with Gasteiger partial charge in [0.2, 0.25) is 0 Å². The van der Waals surface area contributed by atoms with Crippen LogP contribution in [-0.2, 0) is 6.54 Å². The molecule has 4 heterocycles. The zero-order valence-electron chi connectivity index (χ0n) is 15.1. The zero-order valence-corrected chi connectivity index (χ0v) is 16.0. The van der Waals surface area contributed by atoms with Crippen LogP contribution in [0.1, 0.15) is 23.7 Å². The summed E-state index contributed by atoms with van der Waals surface area (Å²) in [5.74, 6) is -0.275. The molecule has 4 rings (SSSR count). The van der Waals surface area contributed by atoms with E-state index in [1.807, 2.05) is 24.4 Å². The molecule has 0 radical (unpaired) electrons. The number of aromatic nitrogens is 5. The highest BCUT2D eigenvalue weighted by Crippen LogP contribution is 2.21. The molecule has 1 atom stereocenters. The molecular formula is C19H18N6O2S. The molecule has 0 aliphatic carbocycles. The van der Waals surface area contributed by atoms with Gasteiger partial charge < -0.3 is 5.32 Å². The average Bonchev–Trinajstić information content (AvgIpc) is 3.39. The number of rotatable bonds is 6. The first-order valence-corrected chi connectivity index (χ1v) is 9.75. The van der Waals surface area contributed by atoms with Crippen LogP contribution in [0.4, 0.5) is 0 Å². The normalized spacial score (nSPS) is 12.2. The first-order chi connectivity index (χ1) is 13.7.